The molecule has 2 heterocycles. The van der Waals surface area contributed by atoms with Crippen molar-refractivity contribution >= 4 is 23.0 Å². The van der Waals surface area contributed by atoms with Crippen LogP contribution in [0.2, 0.25) is 0 Å². The second-order valence-electron chi connectivity index (χ2n) is 6.37. The minimum Gasteiger partial charge on any atom is -0.497 e. The molecule has 1 aliphatic heterocycles. The Hall–Kier alpha value is -3.12. The van der Waals surface area contributed by atoms with E-state index in [4.69, 9.17) is 14.6 Å². The maximum absolute atomic E-state index is 13.3. The van der Waals surface area contributed by atoms with Crippen molar-refractivity contribution < 1.29 is 14.3 Å². The molecule has 6 heteroatoms. The average Bonchev–Trinajstić information content (AvgIpc) is 3.43. The van der Waals surface area contributed by atoms with Gasteiger partial charge in [-0.15, -0.1) is 11.3 Å². The van der Waals surface area contributed by atoms with Crippen LogP contribution in [0.15, 0.2) is 71.1 Å². The number of nitrogens with zero attached hydrogens (tertiary/aromatic N) is 2. The van der Waals surface area contributed by atoms with Gasteiger partial charge in [-0.2, -0.15) is 5.10 Å². The van der Waals surface area contributed by atoms with Gasteiger partial charge in [-0.25, -0.2) is 5.01 Å². The molecule has 0 radical (unpaired) electrons. The van der Waals surface area contributed by atoms with Crippen LogP contribution in [0.4, 0.5) is 0 Å². The molecule has 0 N–H and O–H groups in total. The maximum atomic E-state index is 13.3. The monoisotopic (exact) mass is 392 g/mol. The second-order valence-corrected chi connectivity index (χ2v) is 7.32. The molecule has 0 unspecified atom stereocenters. The number of benzene rings is 2. The molecule has 28 heavy (non-hydrogen) atoms. The third-order valence-electron chi connectivity index (χ3n) is 4.74. The summed E-state index contributed by atoms with van der Waals surface area (Å²) in [6.07, 6.45) is 0.636. The Kier molecular flexibility index (Phi) is 5.12. The number of thiophene rings is 1. The number of carbonyl (C=O) groups excluding carboxylic acids is 1. The lowest BCUT2D eigenvalue weighted by Crippen LogP contribution is -2.27. The molecule has 4 rings (SSSR count). The molecule has 1 amide bonds. The van der Waals surface area contributed by atoms with Crippen LogP contribution in [-0.4, -0.2) is 30.8 Å². The molecule has 0 aliphatic carbocycles. The fraction of sp³-hybridized carbons (Fsp3) is 0.182. The lowest BCUT2D eigenvalue weighted by atomic mass is 9.99. The molecule has 3 aromatic rings. The molecular formula is C22H20N2O3S. The average molecular weight is 392 g/mol. The van der Waals surface area contributed by atoms with E-state index >= 15 is 0 Å². The minimum absolute atomic E-state index is 0.165. The molecule has 0 bridgehead atoms. The summed E-state index contributed by atoms with van der Waals surface area (Å²) in [7, 11) is 3.23. The normalized spacial score (nSPS) is 16.0. The quantitative estimate of drug-likeness (QED) is 0.629. The maximum Gasteiger partial charge on any atom is 0.274 e. The Labute approximate surface area is 167 Å². The number of hydrazone groups is 1. The van der Waals surface area contributed by atoms with E-state index in [1.165, 1.54) is 0 Å². The van der Waals surface area contributed by atoms with Crippen molar-refractivity contribution in [2.45, 2.75) is 12.5 Å². The highest BCUT2D eigenvalue weighted by Gasteiger charge is 2.35. The largest absolute Gasteiger partial charge is 0.497 e. The highest BCUT2D eigenvalue weighted by molar-refractivity contribution is 7.12. The van der Waals surface area contributed by atoms with Crippen molar-refractivity contribution in [1.82, 2.24) is 5.01 Å². The number of ether oxygens (including phenoxy) is 2. The summed E-state index contributed by atoms with van der Waals surface area (Å²) in [5.41, 5.74) is 2.38. The lowest BCUT2D eigenvalue weighted by molar-refractivity contribution is 0.0709. The van der Waals surface area contributed by atoms with E-state index < -0.39 is 0 Å². The summed E-state index contributed by atoms with van der Waals surface area (Å²) in [6, 6.07) is 18.7. The number of rotatable bonds is 5. The summed E-state index contributed by atoms with van der Waals surface area (Å²) in [6.45, 7) is 0. The van der Waals surface area contributed by atoms with Gasteiger partial charge in [0.1, 0.15) is 11.5 Å². The summed E-state index contributed by atoms with van der Waals surface area (Å²) in [5, 5.41) is 8.30. The molecule has 142 valence electrons. The first-order valence-electron chi connectivity index (χ1n) is 8.93. The van der Waals surface area contributed by atoms with Crippen molar-refractivity contribution in [2.24, 2.45) is 5.10 Å². The van der Waals surface area contributed by atoms with E-state index in [2.05, 4.69) is 0 Å². The third kappa shape index (κ3) is 3.39. The van der Waals surface area contributed by atoms with Gasteiger partial charge in [0.25, 0.3) is 5.91 Å². The Bertz CT molecular complexity index is 1010. The summed E-state index contributed by atoms with van der Waals surface area (Å²) < 4.78 is 10.8. The zero-order valence-electron chi connectivity index (χ0n) is 15.7. The molecule has 1 aliphatic rings. The third-order valence-corrected chi connectivity index (χ3v) is 5.66. The van der Waals surface area contributed by atoms with E-state index in [9.17, 15) is 4.79 Å². The first-order chi connectivity index (χ1) is 13.7. The molecular weight excluding hydrogens is 372 g/mol. The Balaban J connectivity index is 1.75. The molecule has 1 atom stereocenters. The molecule has 0 saturated heterocycles. The summed E-state index contributed by atoms with van der Waals surface area (Å²) in [4.78, 5) is 14.4. The highest BCUT2D eigenvalue weighted by Crippen LogP contribution is 2.38. The van der Waals surface area contributed by atoms with Crippen LogP contribution < -0.4 is 9.47 Å². The van der Waals surface area contributed by atoms with Crippen LogP contribution in [0, 0.1) is 0 Å². The van der Waals surface area contributed by atoms with Crippen molar-refractivity contribution in [3.05, 3.63) is 82.0 Å². The van der Waals surface area contributed by atoms with Gasteiger partial charge in [-0.05, 0) is 35.7 Å². The van der Waals surface area contributed by atoms with Crippen molar-refractivity contribution in [3.63, 3.8) is 0 Å². The number of methoxy groups -OCH3 is 2. The van der Waals surface area contributed by atoms with Gasteiger partial charge in [0, 0.05) is 17.5 Å². The lowest BCUT2D eigenvalue weighted by Gasteiger charge is -2.23. The smallest absolute Gasteiger partial charge is 0.274 e. The van der Waals surface area contributed by atoms with E-state index in [0.29, 0.717) is 17.7 Å². The van der Waals surface area contributed by atoms with Crippen molar-refractivity contribution in [2.75, 3.05) is 14.2 Å². The van der Waals surface area contributed by atoms with Gasteiger partial charge >= 0.3 is 0 Å². The summed E-state index contributed by atoms with van der Waals surface area (Å²) in [5.74, 6) is 1.22. The number of hydrogen-bond donors (Lipinski definition) is 0. The minimum atomic E-state index is -0.230. The van der Waals surface area contributed by atoms with Gasteiger partial charge in [0.15, 0.2) is 0 Å². The van der Waals surface area contributed by atoms with Gasteiger partial charge in [0.2, 0.25) is 0 Å². The fourth-order valence-electron chi connectivity index (χ4n) is 3.36. The van der Waals surface area contributed by atoms with Gasteiger partial charge in [-0.1, -0.05) is 30.3 Å². The molecule has 5 nitrogen and oxygen atoms in total. The van der Waals surface area contributed by atoms with Gasteiger partial charge in [0.05, 0.1) is 30.9 Å². The van der Waals surface area contributed by atoms with Gasteiger partial charge < -0.3 is 9.47 Å². The molecule has 0 fully saturated rings. The zero-order valence-corrected chi connectivity index (χ0v) is 16.5. The highest BCUT2D eigenvalue weighted by atomic mass is 32.1. The first kappa shape index (κ1) is 18.3. The van der Waals surface area contributed by atoms with E-state index in [-0.39, 0.29) is 11.9 Å². The predicted molar refractivity (Wildman–Crippen MR) is 110 cm³/mol. The molecule has 0 saturated carbocycles. The zero-order chi connectivity index (χ0) is 19.5. The second kappa shape index (κ2) is 7.86. The van der Waals surface area contributed by atoms with Crippen LogP contribution >= 0.6 is 11.3 Å². The van der Waals surface area contributed by atoms with Crippen LogP contribution in [0.25, 0.3) is 0 Å². The molecule has 2 aromatic carbocycles. The standard InChI is InChI=1S/C22H20N2O3S/c1-26-16-8-5-7-15(13-16)22(25)24-19(17-9-3-4-10-20(17)27-2)14-18(23-24)21-11-6-12-28-21/h3-13,19H,14H2,1-2H3/t19-/m0/s1. The molecule has 0 spiro atoms. The Morgan fingerprint density at radius 3 is 2.68 bits per heavy atom. The first-order valence-corrected chi connectivity index (χ1v) is 9.81. The van der Waals surface area contributed by atoms with Crippen LogP contribution in [0.5, 0.6) is 11.5 Å². The van der Waals surface area contributed by atoms with E-state index in [1.54, 1.807) is 42.7 Å². The topological polar surface area (TPSA) is 51.1 Å². The number of carbonyl (C=O) groups is 1. The SMILES string of the molecule is COc1cccc(C(=O)N2N=C(c3cccs3)C[C@H]2c2ccccc2OC)c1. The summed E-state index contributed by atoms with van der Waals surface area (Å²) >= 11 is 1.62. The fourth-order valence-corrected chi connectivity index (χ4v) is 4.08. The van der Waals surface area contributed by atoms with Crippen LogP contribution in [-0.2, 0) is 0 Å². The Morgan fingerprint density at radius 2 is 1.93 bits per heavy atom. The predicted octanol–water partition coefficient (Wildman–Crippen LogP) is 4.76. The molecule has 1 aromatic heterocycles. The Morgan fingerprint density at radius 1 is 1.07 bits per heavy atom. The number of amides is 1. The van der Waals surface area contributed by atoms with Crippen LogP contribution in [0.3, 0.4) is 0 Å². The van der Waals surface area contributed by atoms with Crippen molar-refractivity contribution in [3.8, 4) is 11.5 Å². The number of para-hydroxylation sites is 1. The van der Waals surface area contributed by atoms with Crippen LogP contribution in [0.1, 0.15) is 33.3 Å². The van der Waals surface area contributed by atoms with Gasteiger partial charge in [-0.3, -0.25) is 4.79 Å². The van der Waals surface area contributed by atoms with E-state index in [1.807, 2.05) is 53.9 Å². The van der Waals surface area contributed by atoms with Crippen molar-refractivity contribution in [1.29, 1.82) is 0 Å². The van der Waals surface area contributed by atoms with E-state index in [0.717, 1.165) is 21.9 Å². The number of hydrogen-bond acceptors (Lipinski definition) is 5.